The zero-order valence-corrected chi connectivity index (χ0v) is 11.7. The predicted molar refractivity (Wildman–Crippen MR) is 75.2 cm³/mol. The average molecular weight is 265 g/mol. The first-order valence-electron chi connectivity index (χ1n) is 7.33. The highest BCUT2D eigenvalue weighted by Gasteiger charge is 2.28. The van der Waals surface area contributed by atoms with Gasteiger partial charge in [0.2, 0.25) is 0 Å². The molecule has 0 aliphatic carbocycles. The van der Waals surface area contributed by atoms with Gasteiger partial charge in [0, 0.05) is 6.04 Å². The summed E-state index contributed by atoms with van der Waals surface area (Å²) in [4.78, 5) is 6.80. The van der Waals surface area contributed by atoms with Gasteiger partial charge in [-0.3, -0.25) is 9.88 Å². The first-order chi connectivity index (χ1) is 9.26. The van der Waals surface area contributed by atoms with Crippen molar-refractivity contribution in [3.8, 4) is 0 Å². The molecule has 1 aliphatic heterocycles. The molecule has 2 rings (SSSR count). The van der Waals surface area contributed by atoms with E-state index in [1.807, 2.05) is 6.07 Å². The van der Waals surface area contributed by atoms with Crippen LogP contribution in [0.25, 0.3) is 0 Å². The van der Waals surface area contributed by atoms with Gasteiger partial charge >= 0.3 is 0 Å². The lowest BCUT2D eigenvalue weighted by Crippen LogP contribution is -2.43. The van der Waals surface area contributed by atoms with Crippen LogP contribution in [0, 0.1) is 5.82 Å². The number of nitrogens with two attached hydrogens (primary N) is 1. The lowest BCUT2D eigenvalue weighted by molar-refractivity contribution is 0.0849. The summed E-state index contributed by atoms with van der Waals surface area (Å²) in [5.41, 5.74) is 6.71. The summed E-state index contributed by atoms with van der Waals surface area (Å²) in [6.45, 7) is 4.00. The topological polar surface area (TPSA) is 42.2 Å². The van der Waals surface area contributed by atoms with Crippen molar-refractivity contribution >= 4 is 0 Å². The van der Waals surface area contributed by atoms with Gasteiger partial charge in [-0.15, -0.1) is 0 Å². The summed E-state index contributed by atoms with van der Waals surface area (Å²) in [7, 11) is 0. The van der Waals surface area contributed by atoms with E-state index in [4.69, 9.17) is 5.73 Å². The molecule has 4 heteroatoms. The summed E-state index contributed by atoms with van der Waals surface area (Å²) in [6.07, 6.45) is 7.10. The Morgan fingerprint density at radius 2 is 2.32 bits per heavy atom. The third-order valence-corrected chi connectivity index (χ3v) is 4.05. The molecular weight excluding hydrogens is 241 g/mol. The van der Waals surface area contributed by atoms with Crippen LogP contribution < -0.4 is 5.73 Å². The molecule has 3 nitrogen and oxygen atoms in total. The molecule has 0 aromatic carbocycles. The van der Waals surface area contributed by atoms with Gasteiger partial charge in [-0.25, -0.2) is 4.39 Å². The normalized spacial score (nSPS) is 22.4. The molecule has 2 atom stereocenters. The molecule has 1 fully saturated rings. The second-order valence-electron chi connectivity index (χ2n) is 5.29. The van der Waals surface area contributed by atoms with Crippen molar-refractivity contribution in [2.45, 2.75) is 51.1 Å². The summed E-state index contributed by atoms with van der Waals surface area (Å²) in [6, 6.07) is 4.16. The minimum Gasteiger partial charge on any atom is -0.330 e. The van der Waals surface area contributed by atoms with Gasteiger partial charge in [0.05, 0.1) is 17.9 Å². The fraction of sp³-hybridized carbons (Fsp3) is 0.667. The number of nitrogens with zero attached hydrogens (tertiary/aromatic N) is 2. The van der Waals surface area contributed by atoms with Gasteiger partial charge in [0.1, 0.15) is 5.82 Å². The van der Waals surface area contributed by atoms with Gasteiger partial charge in [0.15, 0.2) is 0 Å². The Hall–Kier alpha value is -1.00. The molecule has 19 heavy (non-hydrogen) atoms. The SMILES string of the molecule is CCC(c1ccc(F)cn1)N1CCCCC1CCN. The van der Waals surface area contributed by atoms with E-state index in [1.165, 1.54) is 31.5 Å². The van der Waals surface area contributed by atoms with E-state index in [0.717, 1.165) is 31.6 Å². The van der Waals surface area contributed by atoms with Crippen LogP contribution in [0.5, 0.6) is 0 Å². The van der Waals surface area contributed by atoms with Crippen molar-refractivity contribution in [3.05, 3.63) is 29.8 Å². The maximum Gasteiger partial charge on any atom is 0.141 e. The van der Waals surface area contributed by atoms with Crippen LogP contribution >= 0.6 is 0 Å². The standard InChI is InChI=1S/C15H24FN3/c1-2-15(14-7-6-12(16)11-18-14)19-10-4-3-5-13(19)8-9-17/h6-7,11,13,15H,2-5,8-10,17H2,1H3. The number of piperidine rings is 1. The molecule has 2 unspecified atom stereocenters. The Labute approximate surface area is 115 Å². The first kappa shape index (κ1) is 14.4. The van der Waals surface area contributed by atoms with E-state index in [1.54, 1.807) is 0 Å². The molecule has 0 bridgehead atoms. The zero-order chi connectivity index (χ0) is 13.7. The lowest BCUT2D eigenvalue weighted by atomic mass is 9.95. The Balaban J connectivity index is 2.16. The molecule has 1 aromatic rings. The van der Waals surface area contributed by atoms with Crippen molar-refractivity contribution < 1.29 is 4.39 Å². The van der Waals surface area contributed by atoms with Crippen LogP contribution in [0.2, 0.25) is 0 Å². The molecular formula is C15H24FN3. The van der Waals surface area contributed by atoms with E-state index >= 15 is 0 Å². The molecule has 0 saturated carbocycles. The van der Waals surface area contributed by atoms with Gasteiger partial charge in [-0.1, -0.05) is 13.3 Å². The van der Waals surface area contributed by atoms with Crippen molar-refractivity contribution in [1.82, 2.24) is 9.88 Å². The second kappa shape index (κ2) is 6.96. The Bertz CT molecular complexity index is 377. The van der Waals surface area contributed by atoms with Crippen LogP contribution in [0.15, 0.2) is 18.3 Å². The summed E-state index contributed by atoms with van der Waals surface area (Å²) < 4.78 is 13.0. The monoisotopic (exact) mass is 265 g/mol. The Kier molecular flexibility index (Phi) is 5.28. The number of aromatic nitrogens is 1. The number of hydrogen-bond donors (Lipinski definition) is 1. The van der Waals surface area contributed by atoms with Gasteiger partial charge < -0.3 is 5.73 Å². The van der Waals surface area contributed by atoms with Gasteiger partial charge in [-0.05, 0) is 50.9 Å². The van der Waals surface area contributed by atoms with Crippen molar-refractivity contribution in [1.29, 1.82) is 0 Å². The van der Waals surface area contributed by atoms with Crippen LogP contribution in [0.3, 0.4) is 0 Å². The lowest BCUT2D eigenvalue weighted by Gasteiger charge is -2.40. The molecule has 106 valence electrons. The largest absolute Gasteiger partial charge is 0.330 e. The van der Waals surface area contributed by atoms with Crippen molar-refractivity contribution in [2.24, 2.45) is 5.73 Å². The number of halogens is 1. The zero-order valence-electron chi connectivity index (χ0n) is 11.7. The van der Waals surface area contributed by atoms with Gasteiger partial charge in [0.25, 0.3) is 0 Å². The van der Waals surface area contributed by atoms with E-state index in [0.29, 0.717) is 6.04 Å². The third kappa shape index (κ3) is 3.51. The fourth-order valence-electron chi connectivity index (χ4n) is 3.13. The molecule has 0 amide bonds. The Morgan fingerprint density at radius 3 is 2.95 bits per heavy atom. The smallest absolute Gasteiger partial charge is 0.141 e. The van der Waals surface area contributed by atoms with Crippen molar-refractivity contribution in [2.75, 3.05) is 13.1 Å². The van der Waals surface area contributed by atoms with Crippen molar-refractivity contribution in [3.63, 3.8) is 0 Å². The number of likely N-dealkylation sites (tertiary alicyclic amines) is 1. The molecule has 0 spiro atoms. The highest BCUT2D eigenvalue weighted by Crippen LogP contribution is 2.31. The molecule has 1 saturated heterocycles. The maximum absolute atomic E-state index is 13.0. The van der Waals surface area contributed by atoms with Crippen LogP contribution in [0.1, 0.15) is 50.8 Å². The summed E-state index contributed by atoms with van der Waals surface area (Å²) in [5.74, 6) is -0.268. The molecule has 1 aromatic heterocycles. The quantitative estimate of drug-likeness (QED) is 0.890. The molecule has 2 N–H and O–H groups in total. The first-order valence-corrected chi connectivity index (χ1v) is 7.33. The molecule has 0 radical (unpaired) electrons. The van der Waals surface area contributed by atoms with E-state index in [2.05, 4.69) is 16.8 Å². The highest BCUT2D eigenvalue weighted by atomic mass is 19.1. The highest BCUT2D eigenvalue weighted by molar-refractivity contribution is 5.10. The summed E-state index contributed by atoms with van der Waals surface area (Å²) >= 11 is 0. The minimum atomic E-state index is -0.268. The summed E-state index contributed by atoms with van der Waals surface area (Å²) in [5, 5.41) is 0. The third-order valence-electron chi connectivity index (χ3n) is 4.05. The molecule has 1 aliphatic rings. The van der Waals surface area contributed by atoms with Gasteiger partial charge in [-0.2, -0.15) is 0 Å². The number of pyridine rings is 1. The van der Waals surface area contributed by atoms with Crippen LogP contribution in [-0.4, -0.2) is 29.0 Å². The Morgan fingerprint density at radius 1 is 1.47 bits per heavy atom. The van der Waals surface area contributed by atoms with Crippen LogP contribution in [-0.2, 0) is 0 Å². The number of hydrogen-bond acceptors (Lipinski definition) is 3. The second-order valence-corrected chi connectivity index (χ2v) is 5.29. The average Bonchev–Trinajstić information content (AvgIpc) is 2.44. The van der Waals surface area contributed by atoms with E-state index < -0.39 is 0 Å². The maximum atomic E-state index is 13.0. The number of rotatable bonds is 5. The van der Waals surface area contributed by atoms with E-state index in [9.17, 15) is 4.39 Å². The molecule has 2 heterocycles. The fourth-order valence-corrected chi connectivity index (χ4v) is 3.13. The minimum absolute atomic E-state index is 0.268. The predicted octanol–water partition coefficient (Wildman–Crippen LogP) is 2.88. The van der Waals surface area contributed by atoms with Crippen LogP contribution in [0.4, 0.5) is 4.39 Å². The van der Waals surface area contributed by atoms with E-state index in [-0.39, 0.29) is 11.9 Å².